The average Bonchev–Trinajstić information content (AvgIpc) is 2.90. The van der Waals surface area contributed by atoms with Gasteiger partial charge in [-0.2, -0.15) is 0 Å². The van der Waals surface area contributed by atoms with Gasteiger partial charge in [0.1, 0.15) is 0 Å². The summed E-state index contributed by atoms with van der Waals surface area (Å²) in [6, 6.07) is 10.2. The monoisotopic (exact) mass is 395 g/mol. The molecule has 0 fully saturated rings. The topological polar surface area (TPSA) is 107 Å². The van der Waals surface area contributed by atoms with Crippen molar-refractivity contribution in [3.05, 3.63) is 63.6 Å². The Bertz CT molecular complexity index is 1130. The second kappa shape index (κ2) is 7.06. The minimum absolute atomic E-state index is 0.0536. The fourth-order valence-electron chi connectivity index (χ4n) is 2.50. The zero-order valence-electron chi connectivity index (χ0n) is 13.4. The summed E-state index contributed by atoms with van der Waals surface area (Å²) in [5, 5.41) is 9.34. The van der Waals surface area contributed by atoms with Gasteiger partial charge in [-0.05, 0) is 36.4 Å². The zero-order valence-corrected chi connectivity index (χ0v) is 15.0. The number of nitrogens with zero attached hydrogens (tertiary/aromatic N) is 1. The SMILES string of the molecule is O=C(Cn1c(=O)oc2cc(S(=O)(=O)CCO)ccc21)c1ccc(Cl)cc1. The van der Waals surface area contributed by atoms with Crippen molar-refractivity contribution in [3.63, 3.8) is 0 Å². The zero-order chi connectivity index (χ0) is 18.9. The number of hydrogen-bond donors (Lipinski definition) is 1. The van der Waals surface area contributed by atoms with Crippen molar-refractivity contribution in [2.45, 2.75) is 11.4 Å². The predicted molar refractivity (Wildman–Crippen MR) is 95.4 cm³/mol. The average molecular weight is 396 g/mol. The van der Waals surface area contributed by atoms with Gasteiger partial charge in [0.15, 0.2) is 21.2 Å². The number of carbonyl (C=O) groups excluding carboxylic acids is 1. The van der Waals surface area contributed by atoms with Crippen LogP contribution < -0.4 is 5.76 Å². The Labute approximate surface area is 153 Å². The molecule has 26 heavy (non-hydrogen) atoms. The second-order valence-electron chi connectivity index (χ2n) is 5.56. The number of aromatic nitrogens is 1. The van der Waals surface area contributed by atoms with Gasteiger partial charge in [-0.25, -0.2) is 13.2 Å². The van der Waals surface area contributed by atoms with Gasteiger partial charge in [0.25, 0.3) is 0 Å². The van der Waals surface area contributed by atoms with E-state index in [1.807, 2.05) is 0 Å². The van der Waals surface area contributed by atoms with Crippen LogP contribution in [0.25, 0.3) is 11.1 Å². The molecule has 0 radical (unpaired) electrons. The number of benzene rings is 2. The molecular formula is C17H14ClNO6S. The lowest BCUT2D eigenvalue weighted by molar-refractivity contribution is 0.0970. The molecule has 3 rings (SSSR count). The Balaban J connectivity index is 1.97. The van der Waals surface area contributed by atoms with Crippen LogP contribution in [-0.4, -0.2) is 36.2 Å². The first-order valence-electron chi connectivity index (χ1n) is 7.57. The summed E-state index contributed by atoms with van der Waals surface area (Å²) >= 11 is 5.79. The summed E-state index contributed by atoms with van der Waals surface area (Å²) in [6.07, 6.45) is 0. The first-order chi connectivity index (χ1) is 12.3. The lowest BCUT2D eigenvalue weighted by Gasteiger charge is -2.04. The van der Waals surface area contributed by atoms with Crippen LogP contribution in [0.5, 0.6) is 0 Å². The van der Waals surface area contributed by atoms with Gasteiger partial charge in [-0.15, -0.1) is 0 Å². The molecule has 0 saturated heterocycles. The van der Waals surface area contributed by atoms with Crippen molar-refractivity contribution >= 4 is 38.3 Å². The standard InChI is InChI=1S/C17H14ClNO6S/c18-12-3-1-11(2-4-12)15(21)10-19-14-6-5-13(26(23,24)8-7-20)9-16(14)25-17(19)22/h1-6,9,20H,7-8,10H2. The summed E-state index contributed by atoms with van der Waals surface area (Å²) < 4.78 is 30.2. The Morgan fingerprint density at radius 3 is 2.50 bits per heavy atom. The highest BCUT2D eigenvalue weighted by Gasteiger charge is 2.19. The Morgan fingerprint density at radius 2 is 1.85 bits per heavy atom. The van der Waals surface area contributed by atoms with E-state index in [9.17, 15) is 18.0 Å². The van der Waals surface area contributed by atoms with E-state index in [1.54, 1.807) is 24.3 Å². The third kappa shape index (κ3) is 3.57. The molecular weight excluding hydrogens is 382 g/mol. The van der Waals surface area contributed by atoms with Gasteiger partial charge in [0.05, 0.1) is 29.3 Å². The number of hydrogen-bond acceptors (Lipinski definition) is 6. The molecule has 0 aliphatic heterocycles. The molecule has 9 heteroatoms. The van der Waals surface area contributed by atoms with Crippen molar-refractivity contribution in [2.24, 2.45) is 0 Å². The molecule has 7 nitrogen and oxygen atoms in total. The molecule has 2 aromatic carbocycles. The molecule has 0 saturated carbocycles. The van der Waals surface area contributed by atoms with Crippen molar-refractivity contribution < 1.29 is 22.7 Å². The normalized spacial score (nSPS) is 11.8. The summed E-state index contributed by atoms with van der Waals surface area (Å²) in [5.41, 5.74) is 0.746. The van der Waals surface area contributed by atoms with Gasteiger partial charge in [0, 0.05) is 16.7 Å². The van der Waals surface area contributed by atoms with Crippen LogP contribution in [0.1, 0.15) is 10.4 Å². The molecule has 1 N–H and O–H groups in total. The number of sulfone groups is 1. The number of fused-ring (bicyclic) bond motifs is 1. The van der Waals surface area contributed by atoms with Crippen LogP contribution in [0.4, 0.5) is 0 Å². The highest BCUT2D eigenvalue weighted by atomic mass is 35.5. The molecule has 0 aliphatic carbocycles. The second-order valence-corrected chi connectivity index (χ2v) is 8.10. The molecule has 0 spiro atoms. The minimum atomic E-state index is -3.68. The van der Waals surface area contributed by atoms with E-state index in [4.69, 9.17) is 21.1 Å². The number of Topliss-reactive ketones (excluding diaryl/α,β-unsaturated/α-hetero) is 1. The maximum absolute atomic E-state index is 12.4. The number of oxazole rings is 1. The molecule has 1 aromatic heterocycles. The summed E-state index contributed by atoms with van der Waals surface area (Å²) in [5.74, 6) is -1.51. The summed E-state index contributed by atoms with van der Waals surface area (Å²) in [6.45, 7) is -0.767. The Kier molecular flexibility index (Phi) is 4.99. The number of aliphatic hydroxyl groups is 1. The van der Waals surface area contributed by atoms with Crippen LogP contribution in [0.15, 0.2) is 56.6 Å². The maximum Gasteiger partial charge on any atom is 0.420 e. The lowest BCUT2D eigenvalue weighted by atomic mass is 10.1. The van der Waals surface area contributed by atoms with Crippen LogP contribution in [0.3, 0.4) is 0 Å². The van der Waals surface area contributed by atoms with Gasteiger partial charge < -0.3 is 9.52 Å². The van der Waals surface area contributed by atoms with E-state index in [0.29, 0.717) is 16.1 Å². The lowest BCUT2D eigenvalue weighted by Crippen LogP contribution is -2.20. The van der Waals surface area contributed by atoms with Crippen LogP contribution >= 0.6 is 11.6 Å². The van der Waals surface area contributed by atoms with Gasteiger partial charge in [-0.3, -0.25) is 9.36 Å². The number of carbonyl (C=O) groups is 1. The summed E-state index contributed by atoms with van der Waals surface area (Å²) in [7, 11) is -3.68. The molecule has 0 atom stereocenters. The van der Waals surface area contributed by atoms with E-state index < -0.39 is 28.0 Å². The number of halogens is 1. The Hall–Kier alpha value is -2.42. The number of aliphatic hydroxyl groups excluding tert-OH is 1. The van der Waals surface area contributed by atoms with Gasteiger partial charge >= 0.3 is 5.76 Å². The maximum atomic E-state index is 12.4. The highest BCUT2D eigenvalue weighted by Crippen LogP contribution is 2.20. The predicted octanol–water partition coefficient (Wildman–Crippen LogP) is 1.90. The molecule has 0 aliphatic rings. The van der Waals surface area contributed by atoms with Crippen molar-refractivity contribution in [1.82, 2.24) is 4.57 Å². The third-order valence-electron chi connectivity index (χ3n) is 3.83. The molecule has 0 bridgehead atoms. The van der Waals surface area contributed by atoms with Gasteiger partial charge in [-0.1, -0.05) is 11.6 Å². The first-order valence-corrected chi connectivity index (χ1v) is 9.60. The fraction of sp³-hybridized carbons (Fsp3) is 0.176. The first kappa shape index (κ1) is 18.4. The quantitative estimate of drug-likeness (QED) is 0.639. The Morgan fingerprint density at radius 1 is 1.15 bits per heavy atom. The van der Waals surface area contributed by atoms with Gasteiger partial charge in [0.2, 0.25) is 0 Å². The van der Waals surface area contributed by atoms with E-state index in [0.717, 1.165) is 4.57 Å². The molecule has 0 amide bonds. The molecule has 0 unspecified atom stereocenters. The van der Waals surface area contributed by atoms with Crippen molar-refractivity contribution in [3.8, 4) is 0 Å². The molecule has 1 heterocycles. The van der Waals surface area contributed by atoms with Crippen molar-refractivity contribution in [1.29, 1.82) is 0 Å². The van der Waals surface area contributed by atoms with Crippen molar-refractivity contribution in [2.75, 3.05) is 12.4 Å². The molecule has 136 valence electrons. The number of rotatable bonds is 6. The largest absolute Gasteiger partial charge is 0.420 e. The molecule has 3 aromatic rings. The highest BCUT2D eigenvalue weighted by molar-refractivity contribution is 7.91. The van der Waals surface area contributed by atoms with E-state index in [1.165, 1.54) is 18.2 Å². The van der Waals surface area contributed by atoms with Crippen LogP contribution in [0.2, 0.25) is 5.02 Å². The van der Waals surface area contributed by atoms with E-state index >= 15 is 0 Å². The van der Waals surface area contributed by atoms with E-state index in [-0.39, 0.29) is 22.8 Å². The van der Waals surface area contributed by atoms with Crippen LogP contribution in [-0.2, 0) is 16.4 Å². The van der Waals surface area contributed by atoms with E-state index in [2.05, 4.69) is 0 Å². The summed E-state index contributed by atoms with van der Waals surface area (Å²) in [4.78, 5) is 24.4. The smallest absolute Gasteiger partial charge is 0.408 e. The fourth-order valence-corrected chi connectivity index (χ4v) is 3.66. The number of ketones is 1. The van der Waals surface area contributed by atoms with Crippen LogP contribution in [0, 0.1) is 0 Å². The minimum Gasteiger partial charge on any atom is -0.408 e. The third-order valence-corrected chi connectivity index (χ3v) is 5.77.